The molecule has 1 aromatic carbocycles. The first-order valence-electron chi connectivity index (χ1n) is 4.91. The molecule has 2 rings (SSSR count). The van der Waals surface area contributed by atoms with Crippen LogP contribution in [0.25, 0.3) is 0 Å². The summed E-state index contributed by atoms with van der Waals surface area (Å²) < 4.78 is 0. The molecule has 1 atom stereocenters. The first-order chi connectivity index (χ1) is 7.74. The molecule has 1 aliphatic rings. The van der Waals surface area contributed by atoms with Crippen LogP contribution in [0.3, 0.4) is 0 Å². The summed E-state index contributed by atoms with van der Waals surface area (Å²) in [6.07, 6.45) is 0.674. The summed E-state index contributed by atoms with van der Waals surface area (Å²) in [5.74, 6) is 0. The lowest BCUT2D eigenvalue weighted by Crippen LogP contribution is -2.34. The van der Waals surface area contributed by atoms with Gasteiger partial charge in [-0.05, 0) is 19.1 Å². The molecule has 1 amide bonds. The molecule has 1 heterocycles. The monoisotopic (exact) mass is 235 g/mol. The molecule has 5 heteroatoms. The first kappa shape index (κ1) is 11.0. The Balaban J connectivity index is 2.31. The number of anilines is 1. The number of carbonyl (C=O) groups excluding carboxylic acids is 1. The number of nitrogens with zero attached hydrogens (tertiary/aromatic N) is 1. The van der Waals surface area contributed by atoms with Gasteiger partial charge in [-0.1, -0.05) is 30.0 Å². The molecule has 0 bridgehead atoms. The molecule has 0 spiro atoms. The lowest BCUT2D eigenvalue weighted by molar-refractivity contribution is -0.108. The molecule has 16 heavy (non-hydrogen) atoms. The van der Waals surface area contributed by atoms with Gasteiger partial charge in [-0.2, -0.15) is 0 Å². The van der Waals surface area contributed by atoms with Crippen LogP contribution in [0, 0.1) is 0 Å². The van der Waals surface area contributed by atoms with E-state index in [2.05, 4.69) is 5.32 Å². The zero-order valence-corrected chi connectivity index (χ0v) is 9.70. The predicted octanol–water partition coefficient (Wildman–Crippen LogP) is 1.42. The second-order valence-corrected chi connectivity index (χ2v) is 4.52. The van der Waals surface area contributed by atoms with Crippen molar-refractivity contribution in [3.05, 3.63) is 41.1 Å². The van der Waals surface area contributed by atoms with Crippen LogP contribution in [-0.2, 0) is 4.79 Å². The van der Waals surface area contributed by atoms with Gasteiger partial charge in [-0.15, -0.1) is 0 Å². The van der Waals surface area contributed by atoms with Crippen molar-refractivity contribution < 1.29 is 4.79 Å². The number of hydrogen-bond acceptors (Lipinski definition) is 4. The lowest BCUT2D eigenvalue weighted by Gasteiger charge is -2.24. The number of para-hydroxylation sites is 1. The van der Waals surface area contributed by atoms with Crippen molar-refractivity contribution in [2.75, 3.05) is 4.90 Å². The average molecular weight is 235 g/mol. The Bertz CT molecular complexity index is 418. The highest BCUT2D eigenvalue weighted by Gasteiger charge is 2.28. The van der Waals surface area contributed by atoms with Gasteiger partial charge in [0.2, 0.25) is 6.41 Å². The summed E-state index contributed by atoms with van der Waals surface area (Å²) >= 11 is 1.44. The normalized spacial score (nSPS) is 20.1. The van der Waals surface area contributed by atoms with Crippen LogP contribution in [0.4, 0.5) is 5.69 Å². The molecular weight excluding hydrogens is 222 g/mol. The Hall–Kier alpha value is -1.46. The maximum atomic E-state index is 10.4. The van der Waals surface area contributed by atoms with E-state index in [9.17, 15) is 4.79 Å². The molecular formula is C11H13N3OS. The number of nitrogens with one attached hydrogen (secondary N) is 1. The molecule has 0 fully saturated rings. The molecule has 3 N–H and O–H groups in total. The summed E-state index contributed by atoms with van der Waals surface area (Å²) in [6, 6.07) is 9.87. The summed E-state index contributed by atoms with van der Waals surface area (Å²) in [6.45, 7) is 1.94. The third kappa shape index (κ3) is 1.91. The van der Waals surface area contributed by atoms with Crippen molar-refractivity contribution in [2.24, 2.45) is 5.73 Å². The molecule has 0 saturated carbocycles. The fourth-order valence-electron chi connectivity index (χ4n) is 1.68. The number of benzene rings is 1. The largest absolute Gasteiger partial charge is 0.322 e. The highest BCUT2D eigenvalue weighted by Crippen LogP contribution is 2.36. The summed E-state index contributed by atoms with van der Waals surface area (Å²) in [4.78, 5) is 12.4. The molecule has 0 aromatic heterocycles. The topological polar surface area (TPSA) is 58.4 Å². The van der Waals surface area contributed by atoms with E-state index in [4.69, 9.17) is 5.73 Å². The number of hydrogen-bond donors (Lipinski definition) is 2. The summed E-state index contributed by atoms with van der Waals surface area (Å²) in [5.41, 5.74) is 7.82. The van der Waals surface area contributed by atoms with E-state index in [1.54, 1.807) is 0 Å². The number of amides is 1. The standard InChI is InChI=1S/C11H13N3OS/c1-8-10(13-7-15)16-11(12)14(8)9-5-3-2-4-6-9/h2-7,11H,12H2,1H3,(H,13,15). The Morgan fingerprint density at radius 3 is 2.75 bits per heavy atom. The van der Waals surface area contributed by atoms with Crippen LogP contribution in [0.5, 0.6) is 0 Å². The van der Waals surface area contributed by atoms with Crippen LogP contribution in [0.2, 0.25) is 0 Å². The van der Waals surface area contributed by atoms with Gasteiger partial charge in [0, 0.05) is 11.4 Å². The van der Waals surface area contributed by atoms with Crippen molar-refractivity contribution in [3.63, 3.8) is 0 Å². The molecule has 0 saturated heterocycles. The maximum absolute atomic E-state index is 10.4. The molecule has 4 nitrogen and oxygen atoms in total. The van der Waals surface area contributed by atoms with Gasteiger partial charge in [0.25, 0.3) is 0 Å². The SMILES string of the molecule is CC1=C(NC=O)SC(N)N1c1ccccc1. The minimum Gasteiger partial charge on any atom is -0.322 e. The van der Waals surface area contributed by atoms with Crippen LogP contribution < -0.4 is 16.0 Å². The van der Waals surface area contributed by atoms with Gasteiger partial charge in [0.05, 0.1) is 5.03 Å². The highest BCUT2D eigenvalue weighted by molar-refractivity contribution is 8.04. The van der Waals surface area contributed by atoms with Crippen LogP contribution >= 0.6 is 11.8 Å². The fraction of sp³-hybridized carbons (Fsp3) is 0.182. The molecule has 84 valence electrons. The minimum absolute atomic E-state index is 0.190. The zero-order chi connectivity index (χ0) is 11.5. The number of carbonyl (C=O) groups is 1. The Labute approximate surface area is 98.5 Å². The fourth-order valence-corrected chi connectivity index (χ4v) is 2.69. The first-order valence-corrected chi connectivity index (χ1v) is 5.79. The highest BCUT2D eigenvalue weighted by atomic mass is 32.2. The number of thioether (sulfide) groups is 1. The van der Waals surface area contributed by atoms with Gasteiger partial charge >= 0.3 is 0 Å². The average Bonchev–Trinajstić information content (AvgIpc) is 2.56. The third-order valence-electron chi connectivity index (χ3n) is 2.41. The number of allylic oxidation sites excluding steroid dienone is 1. The van der Waals surface area contributed by atoms with Gasteiger partial charge in [0.1, 0.15) is 5.50 Å². The van der Waals surface area contributed by atoms with E-state index in [1.807, 2.05) is 42.2 Å². The summed E-state index contributed by atoms with van der Waals surface area (Å²) in [7, 11) is 0. The smallest absolute Gasteiger partial charge is 0.211 e. The Morgan fingerprint density at radius 2 is 2.12 bits per heavy atom. The van der Waals surface area contributed by atoms with Crippen LogP contribution in [-0.4, -0.2) is 11.9 Å². The maximum Gasteiger partial charge on any atom is 0.211 e. The van der Waals surface area contributed by atoms with Crippen molar-refractivity contribution in [2.45, 2.75) is 12.4 Å². The predicted molar refractivity (Wildman–Crippen MR) is 66.4 cm³/mol. The molecule has 1 aromatic rings. The van der Waals surface area contributed by atoms with Crippen LogP contribution in [0.1, 0.15) is 6.92 Å². The van der Waals surface area contributed by atoms with E-state index in [0.717, 1.165) is 16.4 Å². The van der Waals surface area contributed by atoms with E-state index in [0.29, 0.717) is 6.41 Å². The molecule has 1 aliphatic heterocycles. The van der Waals surface area contributed by atoms with Crippen molar-refractivity contribution in [1.29, 1.82) is 0 Å². The lowest BCUT2D eigenvalue weighted by atomic mass is 10.3. The van der Waals surface area contributed by atoms with Gasteiger partial charge in [0.15, 0.2) is 0 Å². The summed E-state index contributed by atoms with van der Waals surface area (Å²) in [5, 5.41) is 3.48. The van der Waals surface area contributed by atoms with E-state index in [1.165, 1.54) is 11.8 Å². The second kappa shape index (κ2) is 4.59. The minimum atomic E-state index is -0.190. The van der Waals surface area contributed by atoms with Gasteiger partial charge in [-0.25, -0.2) is 0 Å². The molecule has 1 unspecified atom stereocenters. The van der Waals surface area contributed by atoms with Gasteiger partial charge in [-0.3, -0.25) is 4.79 Å². The van der Waals surface area contributed by atoms with Crippen molar-refractivity contribution in [1.82, 2.24) is 5.32 Å². The number of rotatable bonds is 3. The van der Waals surface area contributed by atoms with Crippen molar-refractivity contribution >= 4 is 23.9 Å². The zero-order valence-electron chi connectivity index (χ0n) is 8.88. The Morgan fingerprint density at radius 1 is 1.44 bits per heavy atom. The van der Waals surface area contributed by atoms with Crippen molar-refractivity contribution in [3.8, 4) is 0 Å². The molecule has 0 aliphatic carbocycles. The van der Waals surface area contributed by atoms with E-state index >= 15 is 0 Å². The van der Waals surface area contributed by atoms with E-state index < -0.39 is 0 Å². The second-order valence-electron chi connectivity index (χ2n) is 3.39. The Kier molecular flexibility index (Phi) is 3.17. The quantitative estimate of drug-likeness (QED) is 0.778. The van der Waals surface area contributed by atoms with E-state index in [-0.39, 0.29) is 5.50 Å². The van der Waals surface area contributed by atoms with Crippen LogP contribution in [0.15, 0.2) is 41.1 Å². The van der Waals surface area contributed by atoms with Gasteiger partial charge < -0.3 is 16.0 Å². The molecule has 0 radical (unpaired) electrons. The third-order valence-corrected chi connectivity index (χ3v) is 3.51. The number of nitrogens with two attached hydrogens (primary N) is 1.